The molecule has 0 aromatic heterocycles. The molecule has 1 nitrogen and oxygen atoms in total. The molecule has 0 aliphatic heterocycles. The lowest BCUT2D eigenvalue weighted by molar-refractivity contribution is 0.0736. The van der Waals surface area contributed by atoms with Crippen LogP contribution in [0.1, 0.15) is 27.7 Å². The number of halogens is 1. The van der Waals surface area contributed by atoms with Crippen molar-refractivity contribution in [1.29, 1.82) is 0 Å². The fourth-order valence-electron chi connectivity index (χ4n) is 0.786. The SMILES string of the molecule is CCOCC(CCl)C(C)(C)C. The van der Waals surface area contributed by atoms with Crippen molar-refractivity contribution in [1.82, 2.24) is 0 Å². The van der Waals surface area contributed by atoms with Gasteiger partial charge in [0.15, 0.2) is 0 Å². The van der Waals surface area contributed by atoms with Crippen LogP contribution in [0.25, 0.3) is 0 Å². The van der Waals surface area contributed by atoms with E-state index in [1.54, 1.807) is 0 Å². The molecule has 0 heterocycles. The summed E-state index contributed by atoms with van der Waals surface area (Å²) in [5, 5.41) is 0. The van der Waals surface area contributed by atoms with Gasteiger partial charge in [-0.2, -0.15) is 0 Å². The highest BCUT2D eigenvalue weighted by molar-refractivity contribution is 6.18. The molecule has 0 saturated carbocycles. The molecule has 68 valence electrons. The Kier molecular flexibility index (Phi) is 5.11. The molecule has 2 heteroatoms. The minimum absolute atomic E-state index is 0.261. The summed E-state index contributed by atoms with van der Waals surface area (Å²) in [6.45, 7) is 10.2. The van der Waals surface area contributed by atoms with Gasteiger partial charge in [0.05, 0.1) is 6.61 Å². The molecule has 1 unspecified atom stereocenters. The van der Waals surface area contributed by atoms with Gasteiger partial charge in [0.25, 0.3) is 0 Å². The van der Waals surface area contributed by atoms with Gasteiger partial charge in [0.2, 0.25) is 0 Å². The molecule has 0 aliphatic rings. The lowest BCUT2D eigenvalue weighted by Gasteiger charge is -2.28. The van der Waals surface area contributed by atoms with Crippen LogP contribution in [-0.4, -0.2) is 19.1 Å². The van der Waals surface area contributed by atoms with Gasteiger partial charge in [-0.25, -0.2) is 0 Å². The van der Waals surface area contributed by atoms with Crippen LogP contribution in [0, 0.1) is 11.3 Å². The summed E-state index contributed by atoms with van der Waals surface area (Å²) in [6, 6.07) is 0. The first-order valence-corrected chi connectivity index (χ1v) is 4.69. The Morgan fingerprint density at radius 1 is 1.36 bits per heavy atom. The molecular weight excluding hydrogens is 160 g/mol. The van der Waals surface area contributed by atoms with E-state index in [4.69, 9.17) is 16.3 Å². The zero-order valence-corrected chi connectivity index (χ0v) is 8.74. The Hall–Kier alpha value is 0.250. The second-order valence-corrected chi connectivity index (χ2v) is 4.19. The number of ether oxygens (including phenoxy) is 1. The number of rotatable bonds is 4. The summed E-state index contributed by atoms with van der Waals surface area (Å²) in [6.07, 6.45) is 0. The van der Waals surface area contributed by atoms with E-state index in [1.807, 2.05) is 6.92 Å². The molecule has 0 N–H and O–H groups in total. The number of hydrogen-bond acceptors (Lipinski definition) is 1. The van der Waals surface area contributed by atoms with Crippen molar-refractivity contribution in [2.24, 2.45) is 11.3 Å². The molecule has 0 spiro atoms. The molecule has 0 aromatic carbocycles. The minimum atomic E-state index is 0.261. The molecule has 11 heavy (non-hydrogen) atoms. The Morgan fingerprint density at radius 2 is 1.91 bits per heavy atom. The fourth-order valence-corrected chi connectivity index (χ4v) is 1.34. The third-order valence-corrected chi connectivity index (χ3v) is 2.31. The van der Waals surface area contributed by atoms with Gasteiger partial charge in [0, 0.05) is 18.4 Å². The molecule has 0 aliphatic carbocycles. The molecule has 0 bridgehead atoms. The third-order valence-electron chi connectivity index (χ3n) is 1.93. The molecular formula is C9H19ClO. The smallest absolute Gasteiger partial charge is 0.0510 e. The van der Waals surface area contributed by atoms with Crippen LogP contribution >= 0.6 is 11.6 Å². The summed E-state index contributed by atoms with van der Waals surface area (Å²) in [5.74, 6) is 1.15. The summed E-state index contributed by atoms with van der Waals surface area (Å²) < 4.78 is 5.33. The van der Waals surface area contributed by atoms with Crippen LogP contribution in [0.15, 0.2) is 0 Å². The van der Waals surface area contributed by atoms with E-state index < -0.39 is 0 Å². The van der Waals surface area contributed by atoms with Crippen molar-refractivity contribution in [3.63, 3.8) is 0 Å². The maximum atomic E-state index is 5.81. The first kappa shape index (κ1) is 11.2. The monoisotopic (exact) mass is 178 g/mol. The molecule has 0 amide bonds. The quantitative estimate of drug-likeness (QED) is 0.602. The van der Waals surface area contributed by atoms with Gasteiger partial charge < -0.3 is 4.74 Å². The normalized spacial score (nSPS) is 15.0. The summed E-state index contributed by atoms with van der Waals surface area (Å²) in [5.41, 5.74) is 0.261. The molecule has 0 aromatic rings. The highest BCUT2D eigenvalue weighted by Crippen LogP contribution is 2.26. The van der Waals surface area contributed by atoms with Gasteiger partial charge in [-0.05, 0) is 12.3 Å². The number of alkyl halides is 1. The van der Waals surface area contributed by atoms with Gasteiger partial charge >= 0.3 is 0 Å². The largest absolute Gasteiger partial charge is 0.381 e. The van der Waals surface area contributed by atoms with E-state index in [2.05, 4.69) is 20.8 Å². The highest BCUT2D eigenvalue weighted by atomic mass is 35.5. The van der Waals surface area contributed by atoms with Crippen LogP contribution in [-0.2, 0) is 4.74 Å². The average molecular weight is 179 g/mol. The van der Waals surface area contributed by atoms with Gasteiger partial charge in [-0.15, -0.1) is 11.6 Å². The van der Waals surface area contributed by atoms with Crippen LogP contribution in [0.4, 0.5) is 0 Å². The Balaban J connectivity index is 3.76. The highest BCUT2D eigenvalue weighted by Gasteiger charge is 2.23. The molecule has 0 fully saturated rings. The second kappa shape index (κ2) is 5.00. The third kappa shape index (κ3) is 4.65. The van der Waals surface area contributed by atoms with E-state index in [1.165, 1.54) is 0 Å². The van der Waals surface area contributed by atoms with Crippen molar-refractivity contribution in [2.75, 3.05) is 19.1 Å². The maximum absolute atomic E-state index is 5.81. The molecule has 1 atom stereocenters. The summed E-state index contributed by atoms with van der Waals surface area (Å²) >= 11 is 5.81. The van der Waals surface area contributed by atoms with Gasteiger partial charge in [-0.1, -0.05) is 20.8 Å². The standard InChI is InChI=1S/C9H19ClO/c1-5-11-7-8(6-10)9(2,3)4/h8H,5-7H2,1-4H3. The Bertz CT molecular complexity index is 96.2. The maximum Gasteiger partial charge on any atom is 0.0510 e. The lowest BCUT2D eigenvalue weighted by Crippen LogP contribution is -2.26. The van der Waals surface area contributed by atoms with Crippen LogP contribution in [0.5, 0.6) is 0 Å². The predicted molar refractivity (Wildman–Crippen MR) is 50.2 cm³/mol. The summed E-state index contributed by atoms with van der Waals surface area (Å²) in [4.78, 5) is 0. The molecule has 0 radical (unpaired) electrons. The topological polar surface area (TPSA) is 9.23 Å². The lowest BCUT2D eigenvalue weighted by atomic mass is 9.82. The average Bonchev–Trinajstić information content (AvgIpc) is 1.87. The van der Waals surface area contributed by atoms with Crippen molar-refractivity contribution in [2.45, 2.75) is 27.7 Å². The van der Waals surface area contributed by atoms with Crippen LogP contribution < -0.4 is 0 Å². The predicted octanol–water partition coefficient (Wildman–Crippen LogP) is 2.92. The summed E-state index contributed by atoms with van der Waals surface area (Å²) in [7, 11) is 0. The first-order valence-electron chi connectivity index (χ1n) is 4.16. The van der Waals surface area contributed by atoms with Crippen molar-refractivity contribution in [3.05, 3.63) is 0 Å². The second-order valence-electron chi connectivity index (χ2n) is 3.88. The number of hydrogen-bond donors (Lipinski definition) is 0. The van der Waals surface area contributed by atoms with Crippen LogP contribution in [0.3, 0.4) is 0 Å². The van der Waals surface area contributed by atoms with E-state index in [9.17, 15) is 0 Å². The van der Waals surface area contributed by atoms with Gasteiger partial charge in [-0.3, -0.25) is 0 Å². The molecule has 0 saturated heterocycles. The minimum Gasteiger partial charge on any atom is -0.381 e. The zero-order chi connectivity index (χ0) is 8.91. The Morgan fingerprint density at radius 3 is 2.18 bits per heavy atom. The fraction of sp³-hybridized carbons (Fsp3) is 1.00. The Labute approximate surface area is 75.1 Å². The van der Waals surface area contributed by atoms with E-state index in [-0.39, 0.29) is 5.41 Å². The van der Waals surface area contributed by atoms with E-state index in [0.29, 0.717) is 11.8 Å². The van der Waals surface area contributed by atoms with Crippen molar-refractivity contribution < 1.29 is 4.74 Å². The molecule has 0 rings (SSSR count). The zero-order valence-electron chi connectivity index (χ0n) is 7.98. The van der Waals surface area contributed by atoms with Crippen LogP contribution in [0.2, 0.25) is 0 Å². The van der Waals surface area contributed by atoms with E-state index >= 15 is 0 Å². The van der Waals surface area contributed by atoms with Crippen molar-refractivity contribution >= 4 is 11.6 Å². The van der Waals surface area contributed by atoms with E-state index in [0.717, 1.165) is 13.2 Å². The first-order chi connectivity index (χ1) is 5.02. The van der Waals surface area contributed by atoms with Gasteiger partial charge in [0.1, 0.15) is 0 Å². The van der Waals surface area contributed by atoms with Crippen molar-refractivity contribution in [3.8, 4) is 0 Å².